The Morgan fingerprint density at radius 2 is 1.58 bits per heavy atom. The quantitative estimate of drug-likeness (QED) is 0.658. The van der Waals surface area contributed by atoms with Gasteiger partial charge in [-0.1, -0.05) is 42.5 Å². The zero-order chi connectivity index (χ0) is 17.8. The van der Waals surface area contributed by atoms with Crippen molar-refractivity contribution in [2.75, 3.05) is 0 Å². The molecule has 0 saturated carbocycles. The third-order valence-corrected chi connectivity index (χ3v) is 3.88. The van der Waals surface area contributed by atoms with Crippen LogP contribution in [-0.4, -0.2) is 19.8 Å². The molecular weight excluding hydrogens is 347 g/mol. The normalized spacial score (nSPS) is 11.8. The third kappa shape index (κ3) is 4.25. The summed E-state index contributed by atoms with van der Waals surface area (Å²) in [5.41, 5.74) is -5.13. The summed E-state index contributed by atoms with van der Waals surface area (Å²) in [5, 5.41) is 2.49. The highest BCUT2D eigenvalue weighted by atomic mass is 32.2. The Balaban J connectivity index is 2.18. The van der Waals surface area contributed by atoms with Crippen molar-refractivity contribution in [3.05, 3.63) is 65.7 Å². The molecule has 5 nitrogen and oxygen atoms in total. The molecule has 128 valence electrons. The molecule has 1 N–H and O–H groups in total. The van der Waals surface area contributed by atoms with Gasteiger partial charge in [0.15, 0.2) is 5.75 Å². The zero-order valence-corrected chi connectivity index (χ0v) is 12.9. The molecule has 0 radical (unpaired) electrons. The second kappa shape index (κ2) is 6.91. The number of para-hydroxylation sites is 1. The number of carbonyl (C=O) groups is 1. The topological polar surface area (TPSA) is 72.5 Å². The molecule has 9 heteroatoms. The summed E-state index contributed by atoms with van der Waals surface area (Å²) in [6.45, 7) is 0.125. The molecule has 0 heterocycles. The van der Waals surface area contributed by atoms with Gasteiger partial charge in [-0.05, 0) is 17.7 Å². The number of rotatable bonds is 5. The van der Waals surface area contributed by atoms with Gasteiger partial charge in [-0.2, -0.15) is 21.6 Å². The maximum absolute atomic E-state index is 12.4. The highest BCUT2D eigenvalue weighted by Gasteiger charge is 2.48. The van der Waals surface area contributed by atoms with Gasteiger partial charge in [-0.15, -0.1) is 0 Å². The lowest BCUT2D eigenvalue weighted by molar-refractivity contribution is -0.0500. The molecule has 2 aromatic carbocycles. The van der Waals surface area contributed by atoms with Crippen LogP contribution in [0.5, 0.6) is 5.75 Å². The zero-order valence-electron chi connectivity index (χ0n) is 12.1. The summed E-state index contributed by atoms with van der Waals surface area (Å²) in [6, 6.07) is 13.6. The lowest BCUT2D eigenvalue weighted by Crippen LogP contribution is -2.29. The van der Waals surface area contributed by atoms with Gasteiger partial charge in [0, 0.05) is 6.54 Å². The molecule has 0 aliphatic heterocycles. The van der Waals surface area contributed by atoms with Crippen molar-refractivity contribution in [1.29, 1.82) is 0 Å². The summed E-state index contributed by atoms with van der Waals surface area (Å²) in [5.74, 6) is -1.45. The third-order valence-electron chi connectivity index (χ3n) is 2.91. The van der Waals surface area contributed by atoms with Crippen LogP contribution in [0.3, 0.4) is 0 Å². The highest BCUT2D eigenvalue weighted by Crippen LogP contribution is 2.28. The van der Waals surface area contributed by atoms with Crippen molar-refractivity contribution in [1.82, 2.24) is 5.32 Å². The molecule has 1 amide bonds. The Bertz CT molecular complexity index is 820. The van der Waals surface area contributed by atoms with Crippen molar-refractivity contribution < 1.29 is 30.6 Å². The van der Waals surface area contributed by atoms with Gasteiger partial charge < -0.3 is 9.50 Å². The summed E-state index contributed by atoms with van der Waals surface area (Å²) >= 11 is 0. The maximum atomic E-state index is 12.4. The average molecular weight is 359 g/mol. The van der Waals surface area contributed by atoms with Crippen molar-refractivity contribution in [2.24, 2.45) is 0 Å². The second-order valence-electron chi connectivity index (χ2n) is 4.65. The van der Waals surface area contributed by atoms with E-state index in [1.54, 1.807) is 30.3 Å². The molecule has 0 fully saturated rings. The molecule has 0 aromatic heterocycles. The molecule has 2 rings (SSSR count). The fourth-order valence-corrected chi connectivity index (χ4v) is 2.24. The fraction of sp³-hybridized carbons (Fsp3) is 0.133. The lowest BCUT2D eigenvalue weighted by Gasteiger charge is -2.13. The van der Waals surface area contributed by atoms with E-state index >= 15 is 0 Å². The minimum Gasteiger partial charge on any atom is -0.375 e. The summed E-state index contributed by atoms with van der Waals surface area (Å²) in [7, 11) is -5.85. The van der Waals surface area contributed by atoms with E-state index < -0.39 is 27.3 Å². The van der Waals surface area contributed by atoms with E-state index in [4.69, 9.17) is 0 Å². The van der Waals surface area contributed by atoms with Crippen molar-refractivity contribution in [2.45, 2.75) is 12.1 Å². The Morgan fingerprint density at radius 3 is 2.21 bits per heavy atom. The summed E-state index contributed by atoms with van der Waals surface area (Å²) in [6.07, 6.45) is 0. The number of nitrogens with one attached hydrogen (secondary N) is 1. The van der Waals surface area contributed by atoms with E-state index in [1.165, 1.54) is 18.2 Å². The van der Waals surface area contributed by atoms with Gasteiger partial charge in [0.1, 0.15) is 0 Å². The Morgan fingerprint density at radius 1 is 1.00 bits per heavy atom. The largest absolute Gasteiger partial charge is 0.534 e. The number of alkyl halides is 3. The number of amides is 1. The van der Waals surface area contributed by atoms with E-state index in [2.05, 4.69) is 9.50 Å². The van der Waals surface area contributed by atoms with Gasteiger partial charge in [-0.25, -0.2) is 0 Å². The molecule has 0 aliphatic rings. The Hall–Kier alpha value is -2.55. The minimum absolute atomic E-state index is 0.125. The second-order valence-corrected chi connectivity index (χ2v) is 6.19. The number of carbonyl (C=O) groups excluding carboxylic acids is 1. The molecule has 0 bridgehead atoms. The molecule has 0 unspecified atom stereocenters. The van der Waals surface area contributed by atoms with Crippen molar-refractivity contribution in [3.8, 4) is 5.75 Å². The lowest BCUT2D eigenvalue weighted by atomic mass is 10.1. The molecule has 0 aliphatic carbocycles. The maximum Gasteiger partial charge on any atom is 0.534 e. The smallest absolute Gasteiger partial charge is 0.375 e. The van der Waals surface area contributed by atoms with E-state index in [9.17, 15) is 26.4 Å². The van der Waals surface area contributed by atoms with Crippen LogP contribution in [0, 0.1) is 0 Å². The summed E-state index contributed by atoms with van der Waals surface area (Å²) < 4.78 is 63.5. The van der Waals surface area contributed by atoms with Crippen molar-refractivity contribution >= 4 is 16.0 Å². The van der Waals surface area contributed by atoms with Crippen LogP contribution < -0.4 is 9.50 Å². The number of halogens is 3. The SMILES string of the molecule is O=C(NCc1ccccc1)c1ccccc1OS(=O)(=O)C(F)(F)F. The fourth-order valence-electron chi connectivity index (χ4n) is 1.77. The Kier molecular flexibility index (Phi) is 5.13. The van der Waals surface area contributed by atoms with E-state index in [-0.39, 0.29) is 12.1 Å². The first-order valence-electron chi connectivity index (χ1n) is 6.62. The first kappa shape index (κ1) is 17.8. The first-order valence-corrected chi connectivity index (χ1v) is 8.03. The van der Waals surface area contributed by atoms with Gasteiger partial charge >= 0.3 is 15.6 Å². The highest BCUT2D eigenvalue weighted by molar-refractivity contribution is 7.88. The van der Waals surface area contributed by atoms with Crippen LogP contribution >= 0.6 is 0 Å². The molecule has 0 atom stereocenters. The monoisotopic (exact) mass is 359 g/mol. The number of hydrogen-bond acceptors (Lipinski definition) is 4. The minimum atomic E-state index is -5.85. The number of hydrogen-bond donors (Lipinski definition) is 1. The van der Waals surface area contributed by atoms with Crippen LogP contribution in [0.4, 0.5) is 13.2 Å². The van der Waals surface area contributed by atoms with E-state index in [0.717, 1.165) is 11.6 Å². The standard InChI is InChI=1S/C15H12F3NO4S/c16-15(17,18)24(21,22)23-13-9-5-4-8-12(13)14(20)19-10-11-6-2-1-3-7-11/h1-9H,10H2,(H,19,20). The summed E-state index contributed by atoms with van der Waals surface area (Å²) in [4.78, 5) is 12.1. The van der Waals surface area contributed by atoms with Gasteiger partial charge in [-0.3, -0.25) is 4.79 Å². The molecule has 24 heavy (non-hydrogen) atoms. The van der Waals surface area contributed by atoms with Gasteiger partial charge in [0.25, 0.3) is 5.91 Å². The van der Waals surface area contributed by atoms with Crippen molar-refractivity contribution in [3.63, 3.8) is 0 Å². The van der Waals surface area contributed by atoms with E-state index in [0.29, 0.717) is 0 Å². The van der Waals surface area contributed by atoms with Crippen LogP contribution in [0.2, 0.25) is 0 Å². The Labute approximate surface area is 136 Å². The predicted molar refractivity (Wildman–Crippen MR) is 79.7 cm³/mol. The first-order chi connectivity index (χ1) is 11.2. The van der Waals surface area contributed by atoms with Gasteiger partial charge in [0.2, 0.25) is 0 Å². The molecular formula is C15H12F3NO4S. The number of benzene rings is 2. The van der Waals surface area contributed by atoms with Crippen LogP contribution in [0.25, 0.3) is 0 Å². The predicted octanol–water partition coefficient (Wildman–Crippen LogP) is 2.85. The molecule has 2 aromatic rings. The van der Waals surface area contributed by atoms with E-state index in [1.807, 2.05) is 0 Å². The van der Waals surface area contributed by atoms with Crippen LogP contribution in [0.15, 0.2) is 54.6 Å². The van der Waals surface area contributed by atoms with Crippen LogP contribution in [-0.2, 0) is 16.7 Å². The molecule has 0 saturated heterocycles. The molecule has 0 spiro atoms. The average Bonchev–Trinajstić information content (AvgIpc) is 2.52. The van der Waals surface area contributed by atoms with Crippen LogP contribution in [0.1, 0.15) is 15.9 Å². The van der Waals surface area contributed by atoms with Gasteiger partial charge in [0.05, 0.1) is 5.56 Å².